The fourth-order valence-electron chi connectivity index (χ4n) is 3.70. The number of pyridine rings is 1. The van der Waals surface area contributed by atoms with Crippen LogP contribution in [0, 0.1) is 0 Å². The highest BCUT2D eigenvalue weighted by Crippen LogP contribution is 2.34. The van der Waals surface area contributed by atoms with Crippen molar-refractivity contribution in [3.05, 3.63) is 65.5 Å². The summed E-state index contributed by atoms with van der Waals surface area (Å²) in [4.78, 5) is 18.2. The maximum Gasteiger partial charge on any atom is 0.320 e. The third-order valence-corrected chi connectivity index (χ3v) is 5.08. The van der Waals surface area contributed by atoms with Gasteiger partial charge >= 0.3 is 5.97 Å². The van der Waals surface area contributed by atoms with Crippen LogP contribution in [0.15, 0.2) is 48.8 Å². The van der Waals surface area contributed by atoms with Crippen LogP contribution < -0.4 is 0 Å². The van der Waals surface area contributed by atoms with Gasteiger partial charge in [-0.25, -0.2) is 0 Å². The number of aliphatic carboxylic acids is 1. The molecular weight excluding hydrogens is 312 g/mol. The molecular formula is C21H26N2O2. The summed E-state index contributed by atoms with van der Waals surface area (Å²) >= 11 is 0. The minimum Gasteiger partial charge on any atom is -0.480 e. The van der Waals surface area contributed by atoms with E-state index < -0.39 is 12.0 Å². The van der Waals surface area contributed by atoms with Gasteiger partial charge in [0.2, 0.25) is 0 Å². The van der Waals surface area contributed by atoms with Gasteiger partial charge in [-0.1, -0.05) is 50.6 Å². The van der Waals surface area contributed by atoms with Crippen molar-refractivity contribution < 1.29 is 9.90 Å². The second kappa shape index (κ2) is 7.79. The zero-order chi connectivity index (χ0) is 17.8. The Bertz CT molecular complexity index is 698. The van der Waals surface area contributed by atoms with E-state index in [-0.39, 0.29) is 6.04 Å². The Labute approximate surface area is 149 Å². The second-order valence-corrected chi connectivity index (χ2v) is 7.10. The summed E-state index contributed by atoms with van der Waals surface area (Å²) in [7, 11) is 0. The Balaban J connectivity index is 2.02. The smallest absolute Gasteiger partial charge is 0.320 e. The minimum atomic E-state index is -0.729. The molecule has 4 heteroatoms. The molecule has 0 amide bonds. The van der Waals surface area contributed by atoms with Gasteiger partial charge in [-0.05, 0) is 48.1 Å². The normalized spacial score (nSPS) is 19.7. The summed E-state index contributed by atoms with van der Waals surface area (Å²) in [5, 5.41) is 9.71. The first-order chi connectivity index (χ1) is 12.1. The molecule has 0 aliphatic carbocycles. The van der Waals surface area contributed by atoms with Crippen molar-refractivity contribution in [2.45, 2.75) is 51.1 Å². The van der Waals surface area contributed by atoms with Crippen LogP contribution in [0.3, 0.4) is 0 Å². The quantitative estimate of drug-likeness (QED) is 0.886. The maximum absolute atomic E-state index is 11.8. The monoisotopic (exact) mass is 338 g/mol. The fourth-order valence-corrected chi connectivity index (χ4v) is 3.70. The summed E-state index contributed by atoms with van der Waals surface area (Å²) < 4.78 is 0. The molecule has 2 aromatic rings. The molecule has 2 atom stereocenters. The SMILES string of the molecule is CC(C)c1ccc(C(c2cccnc2)N2CCCCC2C(=O)O)cc1. The fraction of sp³-hybridized carbons (Fsp3) is 0.429. The van der Waals surface area contributed by atoms with E-state index >= 15 is 0 Å². The number of hydrogen-bond donors (Lipinski definition) is 1. The predicted molar refractivity (Wildman–Crippen MR) is 98.6 cm³/mol. The summed E-state index contributed by atoms with van der Waals surface area (Å²) in [6.07, 6.45) is 6.32. The lowest BCUT2D eigenvalue weighted by molar-refractivity contribution is -0.145. The molecule has 1 aliphatic heterocycles. The maximum atomic E-state index is 11.8. The van der Waals surface area contributed by atoms with Crippen molar-refractivity contribution in [1.82, 2.24) is 9.88 Å². The van der Waals surface area contributed by atoms with Crippen molar-refractivity contribution in [3.63, 3.8) is 0 Å². The Morgan fingerprint density at radius 2 is 1.84 bits per heavy atom. The molecule has 0 saturated carbocycles. The van der Waals surface area contributed by atoms with Crippen LogP contribution in [0.5, 0.6) is 0 Å². The Kier molecular flexibility index (Phi) is 5.49. The third-order valence-electron chi connectivity index (χ3n) is 5.08. The summed E-state index contributed by atoms with van der Waals surface area (Å²) in [6, 6.07) is 12.0. The zero-order valence-electron chi connectivity index (χ0n) is 14.9. The van der Waals surface area contributed by atoms with Crippen molar-refractivity contribution in [3.8, 4) is 0 Å². The number of carboxylic acids is 1. The van der Waals surface area contributed by atoms with E-state index in [0.29, 0.717) is 12.3 Å². The van der Waals surface area contributed by atoms with Gasteiger partial charge in [-0.3, -0.25) is 14.7 Å². The van der Waals surface area contributed by atoms with Crippen LogP contribution >= 0.6 is 0 Å². The van der Waals surface area contributed by atoms with E-state index in [2.05, 4.69) is 48.0 Å². The lowest BCUT2D eigenvalue weighted by atomic mass is 9.91. The average molecular weight is 338 g/mol. The van der Waals surface area contributed by atoms with E-state index in [0.717, 1.165) is 30.5 Å². The van der Waals surface area contributed by atoms with Gasteiger partial charge in [-0.2, -0.15) is 0 Å². The summed E-state index contributed by atoms with van der Waals surface area (Å²) in [6.45, 7) is 5.15. The predicted octanol–water partition coefficient (Wildman–Crippen LogP) is 4.23. The highest BCUT2D eigenvalue weighted by molar-refractivity contribution is 5.73. The number of likely N-dealkylation sites (tertiary alicyclic amines) is 1. The van der Waals surface area contributed by atoms with Gasteiger partial charge in [-0.15, -0.1) is 0 Å². The van der Waals surface area contributed by atoms with E-state index in [1.807, 2.05) is 18.3 Å². The molecule has 1 aromatic carbocycles. The molecule has 1 fully saturated rings. The Morgan fingerprint density at radius 3 is 2.44 bits per heavy atom. The van der Waals surface area contributed by atoms with E-state index in [9.17, 15) is 9.90 Å². The Morgan fingerprint density at radius 1 is 1.12 bits per heavy atom. The number of rotatable bonds is 5. The van der Waals surface area contributed by atoms with Crippen LogP contribution in [-0.2, 0) is 4.79 Å². The zero-order valence-corrected chi connectivity index (χ0v) is 14.9. The molecule has 1 N–H and O–H groups in total. The average Bonchev–Trinajstić information content (AvgIpc) is 2.63. The number of carboxylic acid groups (broad SMARTS) is 1. The lowest BCUT2D eigenvalue weighted by Crippen LogP contribution is -2.46. The number of piperidine rings is 1. The molecule has 0 spiro atoms. The van der Waals surface area contributed by atoms with Crippen molar-refractivity contribution in [1.29, 1.82) is 0 Å². The largest absolute Gasteiger partial charge is 0.480 e. The first-order valence-electron chi connectivity index (χ1n) is 9.06. The summed E-state index contributed by atoms with van der Waals surface area (Å²) in [5.74, 6) is -0.250. The van der Waals surface area contributed by atoms with E-state index in [1.54, 1.807) is 6.20 Å². The minimum absolute atomic E-state index is 0.0729. The molecule has 0 bridgehead atoms. The van der Waals surface area contributed by atoms with Crippen LogP contribution in [0.25, 0.3) is 0 Å². The number of hydrogen-bond acceptors (Lipinski definition) is 3. The van der Waals surface area contributed by atoms with Crippen LogP contribution in [0.1, 0.15) is 61.8 Å². The summed E-state index contributed by atoms with van der Waals surface area (Å²) in [5.41, 5.74) is 3.47. The molecule has 4 nitrogen and oxygen atoms in total. The molecule has 1 saturated heterocycles. The first-order valence-corrected chi connectivity index (χ1v) is 9.06. The molecule has 1 aromatic heterocycles. The van der Waals surface area contributed by atoms with Crippen molar-refractivity contribution >= 4 is 5.97 Å². The number of benzene rings is 1. The number of aromatic nitrogens is 1. The molecule has 2 unspecified atom stereocenters. The second-order valence-electron chi connectivity index (χ2n) is 7.10. The molecule has 132 valence electrons. The van der Waals surface area contributed by atoms with Crippen LogP contribution in [0.4, 0.5) is 0 Å². The lowest BCUT2D eigenvalue weighted by Gasteiger charge is -2.39. The van der Waals surface area contributed by atoms with Gasteiger partial charge in [0.25, 0.3) is 0 Å². The van der Waals surface area contributed by atoms with Gasteiger partial charge < -0.3 is 5.11 Å². The van der Waals surface area contributed by atoms with Gasteiger partial charge in [0.15, 0.2) is 0 Å². The molecule has 2 heterocycles. The standard InChI is InChI=1S/C21H26N2O2/c1-15(2)16-8-10-17(11-9-16)20(18-6-5-12-22-14-18)23-13-4-3-7-19(23)21(24)25/h5-6,8-12,14-15,19-20H,3-4,7,13H2,1-2H3,(H,24,25). The highest BCUT2D eigenvalue weighted by Gasteiger charge is 2.35. The van der Waals surface area contributed by atoms with Gasteiger partial charge in [0.05, 0.1) is 6.04 Å². The number of carbonyl (C=O) groups is 1. The first kappa shape index (κ1) is 17.6. The molecule has 0 radical (unpaired) electrons. The van der Waals surface area contributed by atoms with Crippen LogP contribution in [-0.4, -0.2) is 33.5 Å². The number of nitrogens with zero attached hydrogens (tertiary/aromatic N) is 2. The molecule has 3 rings (SSSR count). The molecule has 25 heavy (non-hydrogen) atoms. The van der Waals surface area contributed by atoms with Gasteiger partial charge in [0.1, 0.15) is 6.04 Å². The van der Waals surface area contributed by atoms with Crippen molar-refractivity contribution in [2.75, 3.05) is 6.54 Å². The van der Waals surface area contributed by atoms with E-state index in [1.165, 1.54) is 5.56 Å². The van der Waals surface area contributed by atoms with Crippen LogP contribution in [0.2, 0.25) is 0 Å². The Hall–Kier alpha value is -2.20. The topological polar surface area (TPSA) is 53.4 Å². The van der Waals surface area contributed by atoms with Crippen molar-refractivity contribution in [2.24, 2.45) is 0 Å². The molecule has 1 aliphatic rings. The highest BCUT2D eigenvalue weighted by atomic mass is 16.4. The third kappa shape index (κ3) is 3.90. The van der Waals surface area contributed by atoms with Gasteiger partial charge in [0, 0.05) is 12.4 Å². The van der Waals surface area contributed by atoms with E-state index in [4.69, 9.17) is 0 Å².